The number of nitrogens with one attached hydrogen (secondary N) is 2. The molecule has 0 unspecified atom stereocenters. The molecule has 0 aliphatic carbocycles. The third-order valence-corrected chi connectivity index (χ3v) is 3.36. The van der Waals surface area contributed by atoms with Gasteiger partial charge in [0.15, 0.2) is 0 Å². The molecule has 0 bridgehead atoms. The van der Waals surface area contributed by atoms with E-state index in [1.807, 2.05) is 0 Å². The average Bonchev–Trinajstić information content (AvgIpc) is 3.14. The highest BCUT2D eigenvalue weighted by Gasteiger charge is 2.18. The van der Waals surface area contributed by atoms with Gasteiger partial charge in [-0.25, -0.2) is 9.59 Å². The Morgan fingerprint density at radius 3 is 2.67 bits per heavy atom. The van der Waals surface area contributed by atoms with Crippen LogP contribution in [0.4, 0.5) is 5.69 Å². The Morgan fingerprint density at radius 2 is 1.96 bits per heavy atom. The van der Waals surface area contributed by atoms with E-state index < -0.39 is 27.8 Å². The van der Waals surface area contributed by atoms with Crippen molar-refractivity contribution in [1.29, 1.82) is 0 Å². The zero-order chi connectivity index (χ0) is 19.4. The summed E-state index contributed by atoms with van der Waals surface area (Å²) < 4.78 is 10.1. The van der Waals surface area contributed by atoms with E-state index in [2.05, 4.69) is 4.98 Å². The third kappa shape index (κ3) is 4.07. The average molecular weight is 369 g/mol. The van der Waals surface area contributed by atoms with Crippen LogP contribution in [0.5, 0.6) is 5.75 Å². The number of H-pyrrole nitrogens is 2. The van der Waals surface area contributed by atoms with Gasteiger partial charge in [0.2, 0.25) is 5.76 Å². The Labute approximate surface area is 149 Å². The Morgan fingerprint density at radius 1 is 1.15 bits per heavy atom. The molecule has 0 saturated heterocycles. The van der Waals surface area contributed by atoms with Crippen molar-refractivity contribution < 1.29 is 18.9 Å². The zero-order valence-electron chi connectivity index (χ0n) is 13.5. The molecule has 0 spiro atoms. The predicted molar refractivity (Wildman–Crippen MR) is 93.4 cm³/mol. The molecule has 0 aliphatic heterocycles. The van der Waals surface area contributed by atoms with Crippen LogP contribution >= 0.6 is 0 Å². The zero-order valence-corrected chi connectivity index (χ0v) is 13.5. The number of furan rings is 1. The number of carbonyl (C=O) groups is 1. The second kappa shape index (κ2) is 7.35. The van der Waals surface area contributed by atoms with Crippen molar-refractivity contribution in [2.45, 2.75) is 0 Å². The van der Waals surface area contributed by atoms with E-state index in [0.717, 1.165) is 0 Å². The van der Waals surface area contributed by atoms with E-state index in [1.165, 1.54) is 36.6 Å². The molecule has 1 aromatic carbocycles. The van der Waals surface area contributed by atoms with Crippen molar-refractivity contribution in [3.8, 4) is 5.75 Å². The second-order valence-corrected chi connectivity index (χ2v) is 5.20. The highest BCUT2D eigenvalue weighted by molar-refractivity contribution is 5.88. The summed E-state index contributed by atoms with van der Waals surface area (Å²) in [7, 11) is 0. The normalized spacial score (nSPS) is 10.8. The van der Waals surface area contributed by atoms with Crippen LogP contribution in [-0.2, 0) is 0 Å². The monoisotopic (exact) mass is 369 g/mol. The van der Waals surface area contributed by atoms with Crippen molar-refractivity contribution in [3.05, 3.63) is 90.6 Å². The largest absolute Gasteiger partial charge is 0.457 e. The van der Waals surface area contributed by atoms with E-state index in [0.29, 0.717) is 5.56 Å². The van der Waals surface area contributed by atoms with Crippen molar-refractivity contribution in [2.24, 2.45) is 0 Å². The highest BCUT2D eigenvalue weighted by atomic mass is 16.6. The summed E-state index contributed by atoms with van der Waals surface area (Å²) in [6, 6.07) is 9.26. The Hall–Kier alpha value is -4.21. The predicted octanol–water partition coefficient (Wildman–Crippen LogP) is 1.95. The minimum atomic E-state index is -1.11. The number of hydrogen-bond acceptors (Lipinski definition) is 7. The summed E-state index contributed by atoms with van der Waals surface area (Å²) in [5.41, 5.74) is -2.51. The molecule has 3 aromatic rings. The van der Waals surface area contributed by atoms with Gasteiger partial charge in [0.05, 0.1) is 11.2 Å². The minimum Gasteiger partial charge on any atom is -0.457 e. The number of nitro groups is 1. The summed E-state index contributed by atoms with van der Waals surface area (Å²) in [5, 5.41) is 11.0. The van der Waals surface area contributed by atoms with Crippen molar-refractivity contribution >= 4 is 23.8 Å². The summed E-state index contributed by atoms with van der Waals surface area (Å²) in [5.74, 6) is -0.434. The Balaban J connectivity index is 1.87. The molecule has 10 nitrogen and oxygen atoms in total. The van der Waals surface area contributed by atoms with Gasteiger partial charge in [-0.2, -0.15) is 0 Å². The molecule has 10 heteroatoms. The Kier molecular flexibility index (Phi) is 4.79. The maximum atomic E-state index is 11.9. The van der Waals surface area contributed by atoms with Crippen molar-refractivity contribution in [1.82, 2.24) is 9.97 Å². The molecule has 0 atom stereocenters. The SMILES string of the molecule is O=C(Oc1cccc(C=Cc2[nH]c(=O)[nH]c(=O)c2[N+](=O)[O-])c1)c1ccco1. The standard InChI is InChI=1S/C17H11N3O7/c21-15-14(20(24)25)12(18-17(23)19-15)7-6-10-3-1-4-11(9-10)27-16(22)13-5-2-8-26-13/h1-9H,(H2,18,19,21,23). The van der Waals surface area contributed by atoms with Crippen LogP contribution < -0.4 is 16.0 Å². The molecule has 2 heterocycles. The molecule has 0 aliphatic rings. The first-order chi connectivity index (χ1) is 12.9. The number of nitrogens with zero attached hydrogens (tertiary/aromatic N) is 1. The van der Waals surface area contributed by atoms with Gasteiger partial charge < -0.3 is 14.1 Å². The van der Waals surface area contributed by atoms with E-state index in [9.17, 15) is 24.5 Å². The maximum Gasteiger partial charge on any atom is 0.379 e. The number of esters is 1. The molecule has 27 heavy (non-hydrogen) atoms. The first-order valence-corrected chi connectivity index (χ1v) is 7.49. The lowest BCUT2D eigenvalue weighted by Gasteiger charge is -2.03. The molecule has 3 rings (SSSR count). The number of rotatable bonds is 5. The smallest absolute Gasteiger partial charge is 0.379 e. The van der Waals surface area contributed by atoms with Crippen molar-refractivity contribution in [2.75, 3.05) is 0 Å². The van der Waals surface area contributed by atoms with Crippen LogP contribution in [0.25, 0.3) is 12.2 Å². The number of aromatic nitrogens is 2. The highest BCUT2D eigenvalue weighted by Crippen LogP contribution is 2.18. The first kappa shape index (κ1) is 17.6. The van der Waals surface area contributed by atoms with Gasteiger partial charge in [-0.1, -0.05) is 18.2 Å². The second-order valence-electron chi connectivity index (χ2n) is 5.20. The molecular formula is C17H11N3O7. The van der Waals surface area contributed by atoms with Crippen LogP contribution in [0, 0.1) is 10.1 Å². The summed E-state index contributed by atoms with van der Waals surface area (Å²) >= 11 is 0. The first-order valence-electron chi connectivity index (χ1n) is 7.49. The number of carbonyl (C=O) groups excluding carboxylic acids is 1. The summed E-state index contributed by atoms with van der Waals surface area (Å²) in [4.78, 5) is 48.9. The van der Waals surface area contributed by atoms with Gasteiger partial charge in [-0.05, 0) is 35.9 Å². The van der Waals surface area contributed by atoms with Crippen molar-refractivity contribution in [3.63, 3.8) is 0 Å². The van der Waals surface area contributed by atoms with Crippen LogP contribution in [0.15, 0.2) is 56.7 Å². The lowest BCUT2D eigenvalue weighted by molar-refractivity contribution is -0.386. The maximum absolute atomic E-state index is 11.9. The van der Waals surface area contributed by atoms with Crippen LogP contribution in [0.3, 0.4) is 0 Å². The molecule has 0 radical (unpaired) electrons. The lowest BCUT2D eigenvalue weighted by atomic mass is 10.2. The van der Waals surface area contributed by atoms with Crippen LogP contribution in [0.2, 0.25) is 0 Å². The quantitative estimate of drug-likeness (QED) is 0.302. The molecule has 2 N–H and O–H groups in total. The van der Waals surface area contributed by atoms with Crippen LogP contribution in [0.1, 0.15) is 21.8 Å². The minimum absolute atomic E-state index is 0.0349. The van der Waals surface area contributed by atoms with E-state index >= 15 is 0 Å². The molecule has 136 valence electrons. The van der Waals surface area contributed by atoms with Gasteiger partial charge in [0.1, 0.15) is 11.4 Å². The molecular weight excluding hydrogens is 358 g/mol. The topological polar surface area (TPSA) is 148 Å². The molecule has 0 amide bonds. The van der Waals surface area contributed by atoms with E-state index in [-0.39, 0.29) is 17.2 Å². The van der Waals surface area contributed by atoms with Crippen LogP contribution in [-0.4, -0.2) is 20.9 Å². The third-order valence-electron chi connectivity index (χ3n) is 3.36. The lowest BCUT2D eigenvalue weighted by Crippen LogP contribution is -2.25. The Bertz CT molecular complexity index is 1140. The van der Waals surface area contributed by atoms with Gasteiger partial charge in [0, 0.05) is 0 Å². The number of aromatic amines is 2. The summed E-state index contributed by atoms with van der Waals surface area (Å²) in [6.07, 6.45) is 3.97. The van der Waals surface area contributed by atoms with E-state index in [4.69, 9.17) is 9.15 Å². The van der Waals surface area contributed by atoms with Gasteiger partial charge in [-0.3, -0.25) is 19.9 Å². The fourth-order valence-corrected chi connectivity index (χ4v) is 2.21. The van der Waals surface area contributed by atoms with E-state index in [1.54, 1.807) is 23.2 Å². The fourth-order valence-electron chi connectivity index (χ4n) is 2.21. The summed E-state index contributed by atoms with van der Waals surface area (Å²) in [6.45, 7) is 0. The molecule has 2 aromatic heterocycles. The van der Waals surface area contributed by atoms with Gasteiger partial charge in [-0.15, -0.1) is 0 Å². The fraction of sp³-hybridized carbons (Fsp3) is 0. The van der Waals surface area contributed by atoms with Gasteiger partial charge in [0.25, 0.3) is 0 Å². The number of benzene rings is 1. The number of hydrogen-bond donors (Lipinski definition) is 2. The molecule has 0 saturated carbocycles. The number of ether oxygens (including phenoxy) is 1. The van der Waals surface area contributed by atoms with Gasteiger partial charge >= 0.3 is 22.9 Å². The molecule has 0 fully saturated rings.